The predicted molar refractivity (Wildman–Crippen MR) is 61.5 cm³/mol. The molecule has 1 heterocycles. The number of hydrogen-bond donors (Lipinski definition) is 1. The number of alkyl halides is 3. The lowest BCUT2D eigenvalue weighted by Crippen LogP contribution is -2.07. The Morgan fingerprint density at radius 1 is 1.33 bits per heavy atom. The Hall–Kier alpha value is -1.53. The van der Waals surface area contributed by atoms with E-state index in [9.17, 15) is 13.2 Å². The van der Waals surface area contributed by atoms with Gasteiger partial charge in [0.2, 0.25) is 0 Å². The third kappa shape index (κ3) is 2.49. The molecule has 0 aliphatic carbocycles. The molecule has 18 heavy (non-hydrogen) atoms. The van der Waals surface area contributed by atoms with E-state index in [1.54, 1.807) is 6.20 Å². The van der Waals surface area contributed by atoms with Crippen LogP contribution in [0.4, 0.5) is 13.2 Å². The molecule has 3 nitrogen and oxygen atoms in total. The van der Waals surface area contributed by atoms with Gasteiger partial charge in [-0.15, -0.1) is 0 Å². The zero-order chi connectivity index (χ0) is 13.3. The zero-order valence-electron chi connectivity index (χ0n) is 9.08. The number of nitrogens with zero attached hydrogens (tertiary/aromatic N) is 2. The normalized spacial score (nSPS) is 11.8. The first-order valence-electron chi connectivity index (χ1n) is 5.02. The van der Waals surface area contributed by atoms with E-state index < -0.39 is 11.7 Å². The smallest absolute Gasteiger partial charge is 0.326 e. The van der Waals surface area contributed by atoms with Crippen molar-refractivity contribution in [3.05, 3.63) is 46.7 Å². The first-order valence-corrected chi connectivity index (χ1v) is 5.40. The summed E-state index contributed by atoms with van der Waals surface area (Å²) in [5.41, 5.74) is 5.55. The summed E-state index contributed by atoms with van der Waals surface area (Å²) in [7, 11) is 0. The summed E-state index contributed by atoms with van der Waals surface area (Å²) in [4.78, 5) is 0. The molecule has 0 fully saturated rings. The lowest BCUT2D eigenvalue weighted by molar-refractivity contribution is -0.137. The van der Waals surface area contributed by atoms with E-state index in [0.29, 0.717) is 0 Å². The lowest BCUT2D eigenvalue weighted by Gasteiger charge is -2.10. The zero-order valence-corrected chi connectivity index (χ0v) is 9.83. The van der Waals surface area contributed by atoms with Gasteiger partial charge in [-0.05, 0) is 18.2 Å². The van der Waals surface area contributed by atoms with Gasteiger partial charge in [-0.3, -0.25) is 0 Å². The summed E-state index contributed by atoms with van der Waals surface area (Å²) in [6, 6.07) is 3.62. The van der Waals surface area contributed by atoms with E-state index in [-0.39, 0.29) is 17.3 Å². The van der Waals surface area contributed by atoms with Crippen LogP contribution in [0, 0.1) is 0 Å². The van der Waals surface area contributed by atoms with E-state index in [2.05, 4.69) is 5.10 Å². The average Bonchev–Trinajstić information content (AvgIpc) is 2.76. The monoisotopic (exact) mass is 275 g/mol. The lowest BCUT2D eigenvalue weighted by atomic mass is 10.2. The molecule has 96 valence electrons. The second-order valence-electron chi connectivity index (χ2n) is 3.66. The van der Waals surface area contributed by atoms with Crippen molar-refractivity contribution < 1.29 is 13.2 Å². The summed E-state index contributed by atoms with van der Waals surface area (Å²) in [5, 5.41) is 3.60. The van der Waals surface area contributed by atoms with Crippen LogP contribution in [0.2, 0.25) is 5.02 Å². The van der Waals surface area contributed by atoms with Crippen molar-refractivity contribution in [1.29, 1.82) is 0 Å². The Balaban J connectivity index is 2.47. The molecule has 0 spiro atoms. The van der Waals surface area contributed by atoms with Gasteiger partial charge in [0.25, 0.3) is 0 Å². The highest BCUT2D eigenvalue weighted by atomic mass is 35.5. The van der Waals surface area contributed by atoms with Crippen LogP contribution < -0.4 is 5.73 Å². The minimum Gasteiger partial charge on any atom is -0.326 e. The van der Waals surface area contributed by atoms with Gasteiger partial charge in [0.05, 0.1) is 22.5 Å². The summed E-state index contributed by atoms with van der Waals surface area (Å²) in [5.74, 6) is 0. The van der Waals surface area contributed by atoms with Crippen molar-refractivity contribution in [3.8, 4) is 5.69 Å². The molecule has 0 unspecified atom stereocenters. The molecule has 0 saturated heterocycles. The maximum absolute atomic E-state index is 12.7. The molecule has 1 aromatic carbocycles. The molecular weight excluding hydrogens is 267 g/mol. The van der Waals surface area contributed by atoms with E-state index in [4.69, 9.17) is 17.3 Å². The molecule has 2 N–H and O–H groups in total. The summed E-state index contributed by atoms with van der Waals surface area (Å²) >= 11 is 5.53. The molecular formula is C11H9ClF3N3. The molecule has 1 aromatic heterocycles. The summed E-state index contributed by atoms with van der Waals surface area (Å²) in [6.45, 7) is 0.277. The van der Waals surface area contributed by atoms with Gasteiger partial charge in [-0.25, -0.2) is 4.68 Å². The Morgan fingerprint density at radius 3 is 2.61 bits per heavy atom. The molecule has 0 atom stereocenters. The van der Waals surface area contributed by atoms with Gasteiger partial charge in [-0.1, -0.05) is 11.6 Å². The van der Waals surface area contributed by atoms with Crippen molar-refractivity contribution in [2.45, 2.75) is 12.7 Å². The van der Waals surface area contributed by atoms with Gasteiger partial charge in [-0.2, -0.15) is 18.3 Å². The number of hydrogen-bond acceptors (Lipinski definition) is 2. The van der Waals surface area contributed by atoms with Crippen molar-refractivity contribution in [2.24, 2.45) is 5.73 Å². The second-order valence-corrected chi connectivity index (χ2v) is 4.07. The van der Waals surface area contributed by atoms with E-state index in [0.717, 1.165) is 11.6 Å². The highest BCUT2D eigenvalue weighted by Crippen LogP contribution is 2.35. The minimum atomic E-state index is -4.49. The number of rotatable bonds is 2. The SMILES string of the molecule is NCc1cnn(-c2ccc(Cl)c(C(F)(F)F)c2)c1. The van der Waals surface area contributed by atoms with Gasteiger partial charge in [0.15, 0.2) is 0 Å². The molecule has 0 bridgehead atoms. The minimum absolute atomic E-state index is 0.277. The Bertz CT molecular complexity index is 563. The number of halogens is 4. The Morgan fingerprint density at radius 2 is 2.06 bits per heavy atom. The van der Waals surface area contributed by atoms with E-state index >= 15 is 0 Å². The van der Waals surface area contributed by atoms with Gasteiger partial charge < -0.3 is 5.73 Å². The third-order valence-corrected chi connectivity index (χ3v) is 2.72. The molecule has 0 saturated carbocycles. The van der Waals surface area contributed by atoms with Crippen LogP contribution in [-0.2, 0) is 12.7 Å². The van der Waals surface area contributed by atoms with Gasteiger partial charge in [0.1, 0.15) is 0 Å². The first-order chi connectivity index (χ1) is 8.41. The molecule has 0 aliphatic heterocycles. The molecule has 0 aliphatic rings. The molecule has 2 aromatic rings. The average molecular weight is 276 g/mol. The van der Waals surface area contributed by atoms with Gasteiger partial charge >= 0.3 is 6.18 Å². The van der Waals surface area contributed by atoms with Crippen LogP contribution in [0.3, 0.4) is 0 Å². The third-order valence-electron chi connectivity index (χ3n) is 2.39. The fraction of sp³-hybridized carbons (Fsp3) is 0.182. The molecule has 2 rings (SSSR count). The van der Waals surface area contributed by atoms with Gasteiger partial charge in [0, 0.05) is 18.3 Å². The quantitative estimate of drug-likeness (QED) is 0.916. The molecule has 0 radical (unpaired) electrons. The maximum Gasteiger partial charge on any atom is 0.417 e. The van der Waals surface area contributed by atoms with Crippen LogP contribution in [0.1, 0.15) is 11.1 Å². The van der Waals surface area contributed by atoms with Crippen LogP contribution in [0.5, 0.6) is 0 Å². The predicted octanol–water partition coefficient (Wildman–Crippen LogP) is 3.00. The van der Waals surface area contributed by atoms with Crippen molar-refractivity contribution >= 4 is 11.6 Å². The number of benzene rings is 1. The maximum atomic E-state index is 12.7. The number of aromatic nitrogens is 2. The summed E-state index contributed by atoms with van der Waals surface area (Å²) < 4.78 is 39.4. The van der Waals surface area contributed by atoms with Crippen molar-refractivity contribution in [3.63, 3.8) is 0 Å². The summed E-state index contributed by atoms with van der Waals surface area (Å²) in [6.07, 6.45) is -1.41. The standard InChI is InChI=1S/C11H9ClF3N3/c12-10-2-1-8(3-9(10)11(13,14)15)18-6-7(4-16)5-17-18/h1-3,5-6H,4,16H2. The van der Waals surface area contributed by atoms with Crippen LogP contribution in [0.25, 0.3) is 5.69 Å². The van der Waals surface area contributed by atoms with Crippen LogP contribution >= 0.6 is 11.6 Å². The molecule has 7 heteroatoms. The van der Waals surface area contributed by atoms with E-state index in [1.165, 1.54) is 23.0 Å². The van der Waals surface area contributed by atoms with Crippen LogP contribution in [0.15, 0.2) is 30.6 Å². The highest BCUT2D eigenvalue weighted by molar-refractivity contribution is 6.31. The second kappa shape index (κ2) is 4.62. The number of nitrogens with two attached hydrogens (primary N) is 1. The van der Waals surface area contributed by atoms with Crippen molar-refractivity contribution in [1.82, 2.24) is 9.78 Å². The topological polar surface area (TPSA) is 43.8 Å². The van der Waals surface area contributed by atoms with Crippen LogP contribution in [-0.4, -0.2) is 9.78 Å². The Kier molecular flexibility index (Phi) is 3.32. The fourth-order valence-electron chi connectivity index (χ4n) is 1.48. The van der Waals surface area contributed by atoms with Crippen molar-refractivity contribution in [2.75, 3.05) is 0 Å². The molecule has 0 amide bonds. The Labute approximate surface area is 106 Å². The van der Waals surface area contributed by atoms with E-state index in [1.807, 2.05) is 0 Å². The fourth-order valence-corrected chi connectivity index (χ4v) is 1.70. The first kappa shape index (κ1) is 12.9. The highest BCUT2D eigenvalue weighted by Gasteiger charge is 2.33. The largest absolute Gasteiger partial charge is 0.417 e.